The van der Waals surface area contributed by atoms with Crippen molar-refractivity contribution in [2.75, 3.05) is 5.73 Å². The van der Waals surface area contributed by atoms with Crippen LogP contribution in [0.25, 0.3) is 22.0 Å². The fraction of sp³-hybridized carbons (Fsp3) is 0.176. The van der Waals surface area contributed by atoms with Crippen LogP contribution in [0.2, 0.25) is 0 Å². The number of nitrogens with one attached hydrogen (secondary N) is 1. The number of carbonyl (C=O) groups excluding carboxylic acids is 1. The second-order valence-electron chi connectivity index (χ2n) is 5.31. The van der Waals surface area contributed by atoms with Crippen LogP contribution < -0.4 is 5.73 Å². The molecule has 3 rings (SSSR count). The van der Waals surface area contributed by atoms with Crippen molar-refractivity contribution in [1.29, 1.82) is 0 Å². The van der Waals surface area contributed by atoms with Gasteiger partial charge in [0, 0.05) is 27.9 Å². The van der Waals surface area contributed by atoms with Gasteiger partial charge in [0.25, 0.3) is 0 Å². The first-order valence-corrected chi connectivity index (χ1v) is 7.88. The maximum atomic E-state index is 11.7. The molecule has 112 valence electrons. The summed E-state index contributed by atoms with van der Waals surface area (Å²) in [7, 11) is 0. The summed E-state index contributed by atoms with van der Waals surface area (Å²) in [4.78, 5) is 19.7. The van der Waals surface area contributed by atoms with Crippen molar-refractivity contribution >= 4 is 22.8 Å². The number of ketones is 1. The van der Waals surface area contributed by atoms with Gasteiger partial charge in [0.05, 0.1) is 11.4 Å². The van der Waals surface area contributed by atoms with E-state index in [-0.39, 0.29) is 5.78 Å². The van der Waals surface area contributed by atoms with Crippen molar-refractivity contribution in [3.05, 3.63) is 46.5 Å². The molecule has 2 heterocycles. The summed E-state index contributed by atoms with van der Waals surface area (Å²) in [6.45, 7) is 5.45. The van der Waals surface area contributed by atoms with Crippen LogP contribution >= 0.6 is 11.3 Å². The smallest absolute Gasteiger partial charge is 0.161 e. The van der Waals surface area contributed by atoms with E-state index in [1.165, 1.54) is 0 Å². The third kappa shape index (κ3) is 2.33. The van der Waals surface area contributed by atoms with Gasteiger partial charge in [-0.3, -0.25) is 4.79 Å². The van der Waals surface area contributed by atoms with Crippen molar-refractivity contribution in [3.8, 4) is 22.0 Å². The Morgan fingerprint density at radius 2 is 2.00 bits per heavy atom. The first-order valence-electron chi connectivity index (χ1n) is 7.00. The highest BCUT2D eigenvalue weighted by atomic mass is 32.1. The number of nitrogens with zero attached hydrogens (tertiary/aromatic N) is 1. The Morgan fingerprint density at radius 3 is 2.64 bits per heavy atom. The predicted octanol–water partition coefficient (Wildman–Crippen LogP) is 4.21. The van der Waals surface area contributed by atoms with E-state index in [1.807, 2.05) is 43.5 Å². The number of H-pyrrole nitrogens is 1. The van der Waals surface area contributed by atoms with Gasteiger partial charge in [0.15, 0.2) is 5.78 Å². The first kappa shape index (κ1) is 14.5. The number of hydrogen-bond acceptors (Lipinski definition) is 4. The summed E-state index contributed by atoms with van der Waals surface area (Å²) < 4.78 is 0. The van der Waals surface area contributed by atoms with Crippen molar-refractivity contribution in [2.24, 2.45) is 0 Å². The van der Waals surface area contributed by atoms with Crippen LogP contribution in [0.3, 0.4) is 0 Å². The summed E-state index contributed by atoms with van der Waals surface area (Å²) in [5.41, 5.74) is 12.0. The molecule has 4 nitrogen and oxygen atoms in total. The van der Waals surface area contributed by atoms with Crippen LogP contribution in [0.15, 0.2) is 29.6 Å². The normalized spacial score (nSPS) is 10.9. The molecule has 3 aromatic rings. The second-order valence-corrected chi connectivity index (χ2v) is 6.16. The van der Waals surface area contributed by atoms with E-state index in [1.54, 1.807) is 18.3 Å². The molecule has 1 aromatic carbocycles. The zero-order chi connectivity index (χ0) is 15.9. The SMILES string of the molecule is CC(=O)c1c(C)[nH]c(-c2csc(-c3ccccc3N)n2)c1C. The molecule has 0 unspecified atom stereocenters. The molecule has 0 aliphatic rings. The molecule has 0 saturated carbocycles. The van der Waals surface area contributed by atoms with Gasteiger partial charge in [-0.05, 0) is 38.5 Å². The molecule has 2 aromatic heterocycles. The van der Waals surface area contributed by atoms with Crippen LogP contribution in [0.5, 0.6) is 0 Å². The molecule has 0 aliphatic carbocycles. The third-order valence-electron chi connectivity index (χ3n) is 3.74. The van der Waals surface area contributed by atoms with Crippen LogP contribution in [0.4, 0.5) is 5.69 Å². The standard InChI is InChI=1S/C17H17N3OS/c1-9-15(11(3)21)10(2)19-16(9)14-8-22-17(20-14)12-6-4-5-7-13(12)18/h4-8,19H,18H2,1-3H3. The van der Waals surface area contributed by atoms with Crippen LogP contribution in [0.1, 0.15) is 28.5 Å². The minimum atomic E-state index is 0.0697. The summed E-state index contributed by atoms with van der Waals surface area (Å²) >= 11 is 1.55. The van der Waals surface area contributed by atoms with Crippen LogP contribution in [-0.2, 0) is 0 Å². The number of benzene rings is 1. The highest BCUT2D eigenvalue weighted by Gasteiger charge is 2.18. The number of aromatic amines is 1. The maximum Gasteiger partial charge on any atom is 0.161 e. The predicted molar refractivity (Wildman–Crippen MR) is 91.2 cm³/mol. The Kier molecular flexibility index (Phi) is 3.58. The quantitative estimate of drug-likeness (QED) is 0.562. The number of aromatic nitrogens is 2. The minimum absolute atomic E-state index is 0.0697. The number of carbonyl (C=O) groups is 1. The van der Waals surface area contributed by atoms with E-state index in [2.05, 4.69) is 9.97 Å². The van der Waals surface area contributed by atoms with Gasteiger partial charge in [-0.1, -0.05) is 12.1 Å². The van der Waals surface area contributed by atoms with E-state index >= 15 is 0 Å². The number of para-hydroxylation sites is 1. The van der Waals surface area contributed by atoms with E-state index in [0.29, 0.717) is 5.69 Å². The van der Waals surface area contributed by atoms with Gasteiger partial charge in [0.1, 0.15) is 5.01 Å². The topological polar surface area (TPSA) is 71.8 Å². The van der Waals surface area contributed by atoms with Gasteiger partial charge in [-0.25, -0.2) is 4.98 Å². The van der Waals surface area contributed by atoms with Crippen molar-refractivity contribution < 1.29 is 4.79 Å². The van der Waals surface area contributed by atoms with Gasteiger partial charge in [0.2, 0.25) is 0 Å². The summed E-state index contributed by atoms with van der Waals surface area (Å²) in [5.74, 6) is 0.0697. The van der Waals surface area contributed by atoms with E-state index in [4.69, 9.17) is 5.73 Å². The lowest BCUT2D eigenvalue weighted by Gasteiger charge is -2.00. The van der Waals surface area contributed by atoms with Crippen molar-refractivity contribution in [3.63, 3.8) is 0 Å². The number of anilines is 1. The van der Waals surface area contributed by atoms with Gasteiger partial charge in [-0.2, -0.15) is 0 Å². The fourth-order valence-corrected chi connectivity index (χ4v) is 3.60. The molecular weight excluding hydrogens is 294 g/mol. The lowest BCUT2D eigenvalue weighted by atomic mass is 10.1. The Hall–Kier alpha value is -2.40. The monoisotopic (exact) mass is 311 g/mol. The number of aryl methyl sites for hydroxylation is 1. The summed E-state index contributed by atoms with van der Waals surface area (Å²) in [5, 5.41) is 2.87. The molecule has 0 aliphatic heterocycles. The van der Waals surface area contributed by atoms with Gasteiger partial charge < -0.3 is 10.7 Å². The Morgan fingerprint density at radius 1 is 1.27 bits per heavy atom. The zero-order valence-corrected chi connectivity index (χ0v) is 13.5. The molecule has 0 radical (unpaired) electrons. The molecule has 0 saturated heterocycles. The average Bonchev–Trinajstić information content (AvgIpc) is 3.04. The second kappa shape index (κ2) is 5.42. The lowest BCUT2D eigenvalue weighted by Crippen LogP contribution is -1.94. The molecule has 0 bridgehead atoms. The fourth-order valence-electron chi connectivity index (χ4n) is 2.74. The van der Waals surface area contributed by atoms with E-state index < -0.39 is 0 Å². The number of hydrogen-bond donors (Lipinski definition) is 2. The third-order valence-corrected chi connectivity index (χ3v) is 4.62. The molecule has 5 heteroatoms. The van der Waals surface area contributed by atoms with Gasteiger partial charge in [-0.15, -0.1) is 11.3 Å². The van der Waals surface area contributed by atoms with E-state index in [9.17, 15) is 4.79 Å². The van der Waals surface area contributed by atoms with Crippen molar-refractivity contribution in [1.82, 2.24) is 9.97 Å². The lowest BCUT2D eigenvalue weighted by molar-refractivity contribution is 0.101. The largest absolute Gasteiger partial charge is 0.398 e. The number of nitrogen functional groups attached to an aromatic ring is 1. The Bertz CT molecular complexity index is 861. The van der Waals surface area contributed by atoms with E-state index in [0.717, 1.165) is 38.8 Å². The molecule has 0 amide bonds. The molecule has 0 atom stereocenters. The molecule has 0 spiro atoms. The number of Topliss-reactive ketones (excluding diaryl/α,β-unsaturated/α-hetero) is 1. The van der Waals surface area contributed by atoms with Crippen molar-refractivity contribution in [2.45, 2.75) is 20.8 Å². The number of thiazole rings is 1. The molecular formula is C17H17N3OS. The first-order chi connectivity index (χ1) is 10.5. The summed E-state index contributed by atoms with van der Waals surface area (Å²) in [6, 6.07) is 7.69. The van der Waals surface area contributed by atoms with Crippen LogP contribution in [0, 0.1) is 13.8 Å². The Balaban J connectivity index is 2.07. The Labute approximate surface area is 133 Å². The highest BCUT2D eigenvalue weighted by Crippen LogP contribution is 2.34. The molecule has 3 N–H and O–H groups in total. The van der Waals surface area contributed by atoms with Crippen LogP contribution in [-0.4, -0.2) is 15.8 Å². The molecule has 22 heavy (non-hydrogen) atoms. The number of nitrogens with two attached hydrogens (primary N) is 1. The van der Waals surface area contributed by atoms with Gasteiger partial charge >= 0.3 is 0 Å². The summed E-state index contributed by atoms with van der Waals surface area (Å²) in [6.07, 6.45) is 0. The maximum absolute atomic E-state index is 11.7. The highest BCUT2D eigenvalue weighted by molar-refractivity contribution is 7.13. The molecule has 0 fully saturated rings. The zero-order valence-electron chi connectivity index (χ0n) is 12.7. The number of rotatable bonds is 3. The average molecular weight is 311 g/mol. The minimum Gasteiger partial charge on any atom is -0.398 e.